The molecule has 1 aliphatic rings. The molecule has 0 radical (unpaired) electrons. The van der Waals surface area contributed by atoms with Gasteiger partial charge in [-0.2, -0.15) is 0 Å². The second-order valence-electron chi connectivity index (χ2n) is 5.52. The molecule has 0 aromatic rings. The number of hydrogen-bond donors (Lipinski definition) is 0. The summed E-state index contributed by atoms with van der Waals surface area (Å²) in [4.78, 5) is 0. The highest BCUT2D eigenvalue weighted by Crippen LogP contribution is 2.33. The largest absolute Gasteiger partial charge is 0.350 e. The summed E-state index contributed by atoms with van der Waals surface area (Å²) >= 11 is 0. The standard InChI is InChI=1S/C15H30O2/c1-5-8-9-11-15(4)16-12-13(7-3)14(17-15)10-6-2/h13-14H,5-12H2,1-4H3. The molecule has 102 valence electrons. The number of rotatable bonds is 7. The third-order valence-electron chi connectivity index (χ3n) is 3.86. The lowest BCUT2D eigenvalue weighted by Gasteiger charge is -2.43. The first-order valence-corrected chi connectivity index (χ1v) is 7.47. The summed E-state index contributed by atoms with van der Waals surface area (Å²) in [5.74, 6) is 0.273. The van der Waals surface area contributed by atoms with Gasteiger partial charge in [0.15, 0.2) is 5.79 Å². The van der Waals surface area contributed by atoms with E-state index < -0.39 is 0 Å². The quantitative estimate of drug-likeness (QED) is 0.611. The summed E-state index contributed by atoms with van der Waals surface area (Å²) in [6.07, 6.45) is 8.72. The van der Waals surface area contributed by atoms with E-state index in [1.54, 1.807) is 0 Å². The predicted molar refractivity (Wildman–Crippen MR) is 72.1 cm³/mol. The molecule has 0 spiro atoms. The molecule has 0 amide bonds. The number of hydrogen-bond acceptors (Lipinski definition) is 2. The van der Waals surface area contributed by atoms with Crippen molar-refractivity contribution in [3.05, 3.63) is 0 Å². The first kappa shape index (κ1) is 15.0. The van der Waals surface area contributed by atoms with Gasteiger partial charge in [-0.15, -0.1) is 0 Å². The van der Waals surface area contributed by atoms with Gasteiger partial charge in [0.25, 0.3) is 0 Å². The molecule has 0 saturated carbocycles. The van der Waals surface area contributed by atoms with Crippen molar-refractivity contribution in [1.82, 2.24) is 0 Å². The van der Waals surface area contributed by atoms with Crippen LogP contribution in [0.3, 0.4) is 0 Å². The van der Waals surface area contributed by atoms with Gasteiger partial charge < -0.3 is 9.47 Å². The topological polar surface area (TPSA) is 18.5 Å². The highest BCUT2D eigenvalue weighted by molar-refractivity contribution is 4.79. The maximum absolute atomic E-state index is 6.24. The molecule has 0 aromatic heterocycles. The lowest BCUT2D eigenvalue weighted by molar-refractivity contribution is -0.306. The molecule has 3 unspecified atom stereocenters. The van der Waals surface area contributed by atoms with Gasteiger partial charge in [0, 0.05) is 12.3 Å². The molecule has 1 heterocycles. The Labute approximate surface area is 107 Å². The van der Waals surface area contributed by atoms with Crippen molar-refractivity contribution in [2.75, 3.05) is 6.61 Å². The van der Waals surface area contributed by atoms with Gasteiger partial charge >= 0.3 is 0 Å². The number of ether oxygens (including phenoxy) is 2. The zero-order valence-corrected chi connectivity index (χ0v) is 12.1. The molecule has 3 atom stereocenters. The van der Waals surface area contributed by atoms with Crippen LogP contribution in [0.1, 0.15) is 72.6 Å². The maximum atomic E-state index is 6.24. The van der Waals surface area contributed by atoms with Crippen LogP contribution in [0.4, 0.5) is 0 Å². The van der Waals surface area contributed by atoms with E-state index in [0.717, 1.165) is 19.4 Å². The monoisotopic (exact) mass is 242 g/mol. The molecule has 17 heavy (non-hydrogen) atoms. The van der Waals surface area contributed by atoms with Crippen LogP contribution in [0.5, 0.6) is 0 Å². The van der Waals surface area contributed by atoms with Crippen molar-refractivity contribution in [2.45, 2.75) is 84.5 Å². The highest BCUT2D eigenvalue weighted by atomic mass is 16.7. The zero-order chi connectivity index (χ0) is 12.7. The fourth-order valence-corrected chi connectivity index (χ4v) is 2.63. The maximum Gasteiger partial charge on any atom is 0.165 e. The SMILES string of the molecule is CCCCCC1(C)OCC(CC)C(CCC)O1. The Bertz CT molecular complexity index is 201. The van der Waals surface area contributed by atoms with E-state index in [9.17, 15) is 0 Å². The normalized spacial score (nSPS) is 33.9. The summed E-state index contributed by atoms with van der Waals surface area (Å²) in [6, 6.07) is 0. The molecule has 2 heteroatoms. The van der Waals surface area contributed by atoms with Crippen LogP contribution in [-0.2, 0) is 9.47 Å². The first-order chi connectivity index (χ1) is 8.15. The molecule has 0 aliphatic carbocycles. The third-order valence-corrected chi connectivity index (χ3v) is 3.86. The summed E-state index contributed by atoms with van der Waals surface area (Å²) < 4.78 is 12.2. The van der Waals surface area contributed by atoms with Crippen LogP contribution in [0.15, 0.2) is 0 Å². The van der Waals surface area contributed by atoms with E-state index in [1.165, 1.54) is 32.1 Å². The second kappa shape index (κ2) is 7.38. The van der Waals surface area contributed by atoms with Crippen molar-refractivity contribution in [1.29, 1.82) is 0 Å². The van der Waals surface area contributed by atoms with Crippen molar-refractivity contribution in [3.8, 4) is 0 Å². The molecular weight excluding hydrogens is 212 g/mol. The van der Waals surface area contributed by atoms with Crippen molar-refractivity contribution in [3.63, 3.8) is 0 Å². The minimum absolute atomic E-state index is 0.319. The molecule has 1 fully saturated rings. The van der Waals surface area contributed by atoms with Crippen LogP contribution in [0.2, 0.25) is 0 Å². The minimum atomic E-state index is -0.319. The molecule has 2 nitrogen and oxygen atoms in total. The van der Waals surface area contributed by atoms with Crippen molar-refractivity contribution in [2.24, 2.45) is 5.92 Å². The van der Waals surface area contributed by atoms with Crippen LogP contribution >= 0.6 is 0 Å². The Morgan fingerprint density at radius 3 is 2.47 bits per heavy atom. The van der Waals surface area contributed by atoms with Gasteiger partial charge in [0.1, 0.15) is 0 Å². The van der Waals surface area contributed by atoms with Crippen LogP contribution in [-0.4, -0.2) is 18.5 Å². The molecule has 1 aliphatic heterocycles. The number of unbranched alkanes of at least 4 members (excludes halogenated alkanes) is 2. The van der Waals surface area contributed by atoms with E-state index in [2.05, 4.69) is 27.7 Å². The van der Waals surface area contributed by atoms with E-state index >= 15 is 0 Å². The van der Waals surface area contributed by atoms with E-state index in [0.29, 0.717) is 12.0 Å². The van der Waals surface area contributed by atoms with Crippen LogP contribution in [0.25, 0.3) is 0 Å². The Morgan fingerprint density at radius 1 is 1.12 bits per heavy atom. The van der Waals surface area contributed by atoms with E-state index in [-0.39, 0.29) is 5.79 Å². The second-order valence-corrected chi connectivity index (χ2v) is 5.52. The Kier molecular flexibility index (Phi) is 6.50. The Morgan fingerprint density at radius 2 is 1.88 bits per heavy atom. The summed E-state index contributed by atoms with van der Waals surface area (Å²) in [5, 5.41) is 0. The van der Waals surface area contributed by atoms with Crippen LogP contribution in [0, 0.1) is 5.92 Å². The molecule has 0 N–H and O–H groups in total. The van der Waals surface area contributed by atoms with Gasteiger partial charge in [-0.3, -0.25) is 0 Å². The van der Waals surface area contributed by atoms with Gasteiger partial charge in [-0.05, 0) is 26.2 Å². The summed E-state index contributed by atoms with van der Waals surface area (Å²) in [6.45, 7) is 9.71. The van der Waals surface area contributed by atoms with Crippen LogP contribution < -0.4 is 0 Å². The zero-order valence-electron chi connectivity index (χ0n) is 12.1. The first-order valence-electron chi connectivity index (χ1n) is 7.47. The van der Waals surface area contributed by atoms with Crippen molar-refractivity contribution >= 4 is 0 Å². The van der Waals surface area contributed by atoms with E-state index in [1.807, 2.05) is 0 Å². The molecule has 0 aromatic carbocycles. The van der Waals surface area contributed by atoms with Crippen molar-refractivity contribution < 1.29 is 9.47 Å². The smallest absolute Gasteiger partial charge is 0.165 e. The fraction of sp³-hybridized carbons (Fsp3) is 1.00. The minimum Gasteiger partial charge on any atom is -0.350 e. The molecular formula is C15H30O2. The lowest BCUT2D eigenvalue weighted by atomic mass is 9.94. The predicted octanol–water partition coefficient (Wildman–Crippen LogP) is 4.52. The van der Waals surface area contributed by atoms with Gasteiger partial charge in [-0.1, -0.05) is 40.0 Å². The van der Waals surface area contributed by atoms with E-state index in [4.69, 9.17) is 9.47 Å². The average Bonchev–Trinajstić information content (AvgIpc) is 2.30. The molecule has 1 rings (SSSR count). The van der Waals surface area contributed by atoms with Gasteiger partial charge in [-0.25, -0.2) is 0 Å². The Hall–Kier alpha value is -0.0800. The fourth-order valence-electron chi connectivity index (χ4n) is 2.63. The average molecular weight is 242 g/mol. The third kappa shape index (κ3) is 4.59. The van der Waals surface area contributed by atoms with Gasteiger partial charge in [0.05, 0.1) is 12.7 Å². The van der Waals surface area contributed by atoms with Gasteiger partial charge in [0.2, 0.25) is 0 Å². The summed E-state index contributed by atoms with van der Waals surface area (Å²) in [5.41, 5.74) is 0. The summed E-state index contributed by atoms with van der Waals surface area (Å²) in [7, 11) is 0. The highest BCUT2D eigenvalue weighted by Gasteiger charge is 2.37. The molecule has 1 saturated heterocycles. The molecule has 0 bridgehead atoms. The Balaban J connectivity index is 2.47. The lowest BCUT2D eigenvalue weighted by Crippen LogP contribution is -2.47.